The summed E-state index contributed by atoms with van der Waals surface area (Å²) in [6.07, 6.45) is 3.01. The summed E-state index contributed by atoms with van der Waals surface area (Å²) in [6.45, 7) is 0.871. The lowest BCUT2D eigenvalue weighted by Gasteiger charge is -2.62. The molecule has 0 unspecified atom stereocenters. The first-order valence-corrected chi connectivity index (χ1v) is 10.1. The van der Waals surface area contributed by atoms with Crippen LogP contribution in [0.3, 0.4) is 0 Å². The van der Waals surface area contributed by atoms with Crippen LogP contribution in [0.2, 0.25) is 0 Å². The minimum Gasteiger partial charge on any atom is -0.493 e. The molecule has 9 nitrogen and oxygen atoms in total. The van der Waals surface area contributed by atoms with E-state index in [9.17, 15) is 19.5 Å². The van der Waals surface area contributed by atoms with Gasteiger partial charge in [-0.05, 0) is 44.5 Å². The number of nitrogens with zero attached hydrogens (tertiary/aromatic N) is 1. The number of likely N-dealkylation sites (tertiary alicyclic amines) is 1. The molecule has 4 atom stereocenters. The van der Waals surface area contributed by atoms with Gasteiger partial charge in [-0.25, -0.2) is 9.59 Å². The molecule has 2 bridgehead atoms. The van der Waals surface area contributed by atoms with E-state index in [-0.39, 0.29) is 11.8 Å². The predicted molar refractivity (Wildman–Crippen MR) is 107 cm³/mol. The third-order valence-electron chi connectivity index (χ3n) is 7.10. The van der Waals surface area contributed by atoms with Gasteiger partial charge in [-0.3, -0.25) is 4.79 Å². The number of ketones is 1. The second-order valence-corrected chi connectivity index (χ2v) is 8.45. The molecule has 4 aliphatic rings. The monoisotopic (exact) mass is 431 g/mol. The van der Waals surface area contributed by atoms with Crippen molar-refractivity contribution in [3.63, 3.8) is 0 Å². The highest BCUT2D eigenvalue weighted by Crippen LogP contribution is 2.64. The van der Waals surface area contributed by atoms with Crippen molar-refractivity contribution in [3.8, 4) is 11.5 Å². The van der Waals surface area contributed by atoms with E-state index >= 15 is 0 Å². The molecule has 2 aliphatic heterocycles. The molecular weight excluding hydrogens is 406 g/mol. The van der Waals surface area contributed by atoms with Crippen LogP contribution in [0.5, 0.6) is 11.5 Å². The van der Waals surface area contributed by atoms with Crippen molar-refractivity contribution >= 4 is 17.7 Å². The predicted octanol–water partition coefficient (Wildman–Crippen LogP) is 0.760. The number of piperidine rings is 1. The van der Waals surface area contributed by atoms with E-state index in [1.54, 1.807) is 7.11 Å². The standard InChI is InChI=1S/C18H21NO4.C4H4O4/c1-19-8-7-17-14-10-3-4-12(22-2)15(14)23-16(17)11(20)5-6-18(17,21)13(19)9-10;5-3(6)1-2-4(7)8/h3-4,13,16,21H,5-9H2,1-2H3;1-2H,(H,5,6)(H,7,8)/t13-,16+,17+,18-;/m1./s1. The molecule has 9 heteroatoms. The van der Waals surface area contributed by atoms with Gasteiger partial charge in [0.2, 0.25) is 0 Å². The highest BCUT2D eigenvalue weighted by Gasteiger charge is 2.72. The Kier molecular flexibility index (Phi) is 5.06. The lowest BCUT2D eigenvalue weighted by atomic mass is 9.49. The summed E-state index contributed by atoms with van der Waals surface area (Å²) in [4.78, 5) is 34.0. The summed E-state index contributed by atoms with van der Waals surface area (Å²) in [5, 5.41) is 27.4. The molecule has 0 aromatic heterocycles. The Morgan fingerprint density at radius 1 is 1.23 bits per heavy atom. The van der Waals surface area contributed by atoms with E-state index in [2.05, 4.69) is 18.0 Å². The number of Topliss-reactive ketones (excluding diaryl/α,β-unsaturated/α-hetero) is 1. The highest BCUT2D eigenvalue weighted by atomic mass is 16.5. The zero-order valence-electron chi connectivity index (χ0n) is 17.3. The average molecular weight is 431 g/mol. The van der Waals surface area contributed by atoms with Gasteiger partial charge in [0, 0.05) is 30.2 Å². The van der Waals surface area contributed by atoms with E-state index < -0.39 is 29.1 Å². The van der Waals surface area contributed by atoms with Crippen molar-refractivity contribution in [2.45, 2.75) is 48.8 Å². The van der Waals surface area contributed by atoms with Crippen LogP contribution in [0.25, 0.3) is 0 Å². The van der Waals surface area contributed by atoms with Gasteiger partial charge < -0.3 is 29.7 Å². The molecule has 1 aromatic rings. The summed E-state index contributed by atoms with van der Waals surface area (Å²) in [5.74, 6) is -1.05. The number of carboxylic acid groups (broad SMARTS) is 2. The Morgan fingerprint density at radius 2 is 1.90 bits per heavy atom. The number of benzene rings is 1. The Bertz CT molecular complexity index is 972. The fourth-order valence-electron chi connectivity index (χ4n) is 5.83. The third kappa shape index (κ3) is 2.95. The van der Waals surface area contributed by atoms with Crippen molar-refractivity contribution in [1.82, 2.24) is 4.90 Å². The Balaban J connectivity index is 0.000000250. The molecular formula is C22H25NO8. The SMILES string of the molecule is COc1ccc2c3c1O[C@H]1C(=O)CC[C@@]4(O)[C@@H](C2)N(C)CC[C@]314.O=C(O)C=CC(=O)O. The van der Waals surface area contributed by atoms with Crippen molar-refractivity contribution < 1.29 is 39.2 Å². The minimum atomic E-state index is -1.26. The molecule has 1 saturated carbocycles. The summed E-state index contributed by atoms with van der Waals surface area (Å²) in [5.41, 5.74) is 0.737. The Hall–Kier alpha value is -2.91. The van der Waals surface area contributed by atoms with E-state index in [0.717, 1.165) is 24.9 Å². The summed E-state index contributed by atoms with van der Waals surface area (Å²) in [6, 6.07) is 4.05. The van der Waals surface area contributed by atoms with E-state index in [0.29, 0.717) is 36.5 Å². The smallest absolute Gasteiger partial charge is 0.328 e. The molecule has 166 valence electrons. The topological polar surface area (TPSA) is 134 Å². The molecule has 2 fully saturated rings. The molecule has 0 amide bonds. The molecule has 31 heavy (non-hydrogen) atoms. The minimum absolute atomic E-state index is 0.0438. The highest BCUT2D eigenvalue weighted by molar-refractivity contribution is 5.90. The van der Waals surface area contributed by atoms with Crippen LogP contribution < -0.4 is 9.47 Å². The van der Waals surface area contributed by atoms with Crippen molar-refractivity contribution in [2.75, 3.05) is 20.7 Å². The van der Waals surface area contributed by atoms with Crippen LogP contribution in [-0.2, 0) is 26.2 Å². The van der Waals surface area contributed by atoms with E-state index in [1.807, 2.05) is 6.07 Å². The van der Waals surface area contributed by atoms with Gasteiger partial charge in [0.05, 0.1) is 18.1 Å². The van der Waals surface area contributed by atoms with Gasteiger partial charge in [-0.1, -0.05) is 6.07 Å². The van der Waals surface area contributed by atoms with Gasteiger partial charge in [-0.15, -0.1) is 0 Å². The number of hydrogen-bond donors (Lipinski definition) is 3. The number of likely N-dealkylation sites (N-methyl/N-ethyl adjacent to an activating group) is 1. The van der Waals surface area contributed by atoms with Crippen LogP contribution in [0.15, 0.2) is 24.3 Å². The fraction of sp³-hybridized carbons (Fsp3) is 0.500. The maximum absolute atomic E-state index is 12.7. The Labute approximate surface area is 178 Å². The molecule has 1 aromatic carbocycles. The number of aliphatic carboxylic acids is 2. The summed E-state index contributed by atoms with van der Waals surface area (Å²) < 4.78 is 11.6. The number of carboxylic acids is 2. The first-order valence-electron chi connectivity index (χ1n) is 10.1. The van der Waals surface area contributed by atoms with E-state index in [4.69, 9.17) is 19.7 Å². The molecule has 1 saturated heterocycles. The molecule has 0 radical (unpaired) electrons. The average Bonchev–Trinajstić information content (AvgIpc) is 3.08. The molecule has 1 spiro atoms. The quantitative estimate of drug-likeness (QED) is 0.593. The van der Waals surface area contributed by atoms with Gasteiger partial charge in [-0.2, -0.15) is 0 Å². The zero-order chi connectivity index (χ0) is 22.6. The first-order chi connectivity index (χ1) is 14.7. The number of aliphatic hydroxyl groups is 1. The summed E-state index contributed by atoms with van der Waals surface area (Å²) in [7, 11) is 3.70. The number of hydrogen-bond acceptors (Lipinski definition) is 7. The van der Waals surface area contributed by atoms with Gasteiger partial charge in [0.15, 0.2) is 23.4 Å². The fourth-order valence-corrected chi connectivity index (χ4v) is 5.83. The first kappa shape index (κ1) is 21.3. The Morgan fingerprint density at radius 3 is 2.52 bits per heavy atom. The maximum Gasteiger partial charge on any atom is 0.328 e. The molecule has 2 heterocycles. The van der Waals surface area contributed by atoms with Crippen molar-refractivity contribution in [3.05, 3.63) is 35.4 Å². The zero-order valence-corrected chi connectivity index (χ0v) is 17.3. The van der Waals surface area contributed by atoms with Crippen LogP contribution >= 0.6 is 0 Å². The molecule has 2 aliphatic carbocycles. The van der Waals surface area contributed by atoms with Crippen LogP contribution in [0, 0.1) is 0 Å². The third-order valence-corrected chi connectivity index (χ3v) is 7.10. The van der Waals surface area contributed by atoms with Gasteiger partial charge in [0.25, 0.3) is 0 Å². The van der Waals surface area contributed by atoms with Crippen molar-refractivity contribution in [2.24, 2.45) is 0 Å². The number of carbonyl (C=O) groups excluding carboxylic acids is 1. The van der Waals surface area contributed by atoms with Crippen LogP contribution in [-0.4, -0.2) is 76.4 Å². The lowest BCUT2D eigenvalue weighted by Crippen LogP contribution is -2.76. The second kappa shape index (κ2) is 7.35. The van der Waals surface area contributed by atoms with Crippen LogP contribution in [0.4, 0.5) is 0 Å². The van der Waals surface area contributed by atoms with Crippen molar-refractivity contribution in [1.29, 1.82) is 0 Å². The number of carbonyl (C=O) groups is 3. The van der Waals surface area contributed by atoms with Crippen LogP contribution in [0.1, 0.15) is 30.4 Å². The largest absolute Gasteiger partial charge is 0.493 e. The second-order valence-electron chi connectivity index (χ2n) is 8.45. The number of methoxy groups -OCH3 is 1. The lowest BCUT2D eigenvalue weighted by molar-refractivity contribution is -0.185. The van der Waals surface area contributed by atoms with Gasteiger partial charge in [0.1, 0.15) is 0 Å². The molecule has 5 rings (SSSR count). The molecule has 3 N–H and O–H groups in total. The number of rotatable bonds is 3. The van der Waals surface area contributed by atoms with Gasteiger partial charge >= 0.3 is 11.9 Å². The maximum atomic E-state index is 12.7. The normalized spacial score (nSPS) is 32.5. The number of ether oxygens (including phenoxy) is 2. The van der Waals surface area contributed by atoms with E-state index in [1.165, 1.54) is 5.56 Å². The summed E-state index contributed by atoms with van der Waals surface area (Å²) >= 11 is 0.